The predicted molar refractivity (Wildman–Crippen MR) is 67.5 cm³/mol. The third-order valence-corrected chi connectivity index (χ3v) is 1.48. The molecular weight excluding hydrogens is 348 g/mol. The molecule has 0 fully saturated rings. The molecule has 0 rings (SSSR count). The normalized spacial score (nSPS) is 11.4. The van der Waals surface area contributed by atoms with E-state index in [1.165, 1.54) is 0 Å². The van der Waals surface area contributed by atoms with Gasteiger partial charge in [-0.15, -0.1) is 0 Å². The number of carbonyl (C=O) groups excluding carboxylic acids is 1. The van der Waals surface area contributed by atoms with Crippen LogP contribution in [-0.4, -0.2) is 163 Å². The van der Waals surface area contributed by atoms with Crippen molar-refractivity contribution in [2.24, 2.45) is 0 Å². The molecule has 0 radical (unpaired) electrons. The molecule has 0 heterocycles. The van der Waals surface area contributed by atoms with Crippen LogP contribution in [0.3, 0.4) is 0 Å². The van der Waals surface area contributed by atoms with Gasteiger partial charge in [-0.05, 0) is 0 Å². The maximum atomic E-state index is 10.7. The Balaban J connectivity index is -0.0000000312. The average molecular weight is 362 g/mol. The van der Waals surface area contributed by atoms with Gasteiger partial charge in [0.1, 0.15) is 0 Å². The van der Waals surface area contributed by atoms with Crippen LogP contribution in [-0.2, 0) is 19.1 Å². The van der Waals surface area contributed by atoms with Crippen molar-refractivity contribution < 1.29 is 52.9 Å². The SMILES string of the molecule is O=C(O)CC(O)(CC(=O)OC(=O)O)C(=O)O.[Ca+2].[Ca+2].[Ca+2].[H-].[H-].[H-].[H-].[H-].[H-]. The molecule has 0 amide bonds. The molecule has 12 heteroatoms. The summed E-state index contributed by atoms with van der Waals surface area (Å²) in [5.74, 6) is -5.18. The monoisotopic (exact) mass is 362 g/mol. The Morgan fingerprint density at radius 1 is 0.947 bits per heavy atom. The van der Waals surface area contributed by atoms with Gasteiger partial charge in [-0.25, -0.2) is 9.59 Å². The fourth-order valence-electron chi connectivity index (χ4n) is 0.836. The van der Waals surface area contributed by atoms with E-state index >= 15 is 0 Å². The quantitative estimate of drug-likeness (QED) is 0.257. The van der Waals surface area contributed by atoms with Gasteiger partial charge in [0, 0.05) is 0 Å². The molecule has 0 aliphatic heterocycles. The Labute approximate surface area is 205 Å². The van der Waals surface area contributed by atoms with E-state index in [1.807, 2.05) is 0 Å². The smallest absolute Gasteiger partial charge is 1.00 e. The number of carbonyl (C=O) groups is 4. The van der Waals surface area contributed by atoms with Gasteiger partial charge in [-0.2, -0.15) is 0 Å². The first kappa shape index (κ1) is 28.7. The molecule has 0 spiro atoms. The summed E-state index contributed by atoms with van der Waals surface area (Å²) in [4.78, 5) is 41.4. The zero-order chi connectivity index (χ0) is 12.9. The number of carboxylic acid groups (broad SMARTS) is 3. The second kappa shape index (κ2) is 13.3. The number of rotatable bonds is 5. The van der Waals surface area contributed by atoms with Gasteiger partial charge in [0.2, 0.25) is 0 Å². The maximum Gasteiger partial charge on any atom is 2.00 e. The van der Waals surface area contributed by atoms with E-state index in [-0.39, 0.29) is 122 Å². The molecular formula is C7H14Ca3O9. The summed E-state index contributed by atoms with van der Waals surface area (Å²) in [5.41, 5.74) is -2.89. The molecule has 0 aromatic heterocycles. The third-order valence-electron chi connectivity index (χ3n) is 1.48. The number of carboxylic acids is 2. The maximum absolute atomic E-state index is 10.7. The molecule has 1 atom stereocenters. The molecule has 0 saturated carbocycles. The van der Waals surface area contributed by atoms with Crippen LogP contribution >= 0.6 is 0 Å². The number of aliphatic hydroxyl groups is 1. The topological polar surface area (TPSA) is 158 Å². The van der Waals surface area contributed by atoms with Crippen LogP contribution in [0, 0.1) is 0 Å². The van der Waals surface area contributed by atoms with Crippen molar-refractivity contribution in [2.75, 3.05) is 0 Å². The molecule has 1 unspecified atom stereocenters. The Morgan fingerprint density at radius 2 is 1.37 bits per heavy atom. The Hall–Kier alpha value is 1.62. The Morgan fingerprint density at radius 3 is 1.63 bits per heavy atom. The third kappa shape index (κ3) is 13.0. The molecule has 19 heavy (non-hydrogen) atoms. The van der Waals surface area contributed by atoms with Gasteiger partial charge in [-0.3, -0.25) is 9.59 Å². The average Bonchev–Trinajstić information content (AvgIpc) is 1.98. The molecule has 0 bridgehead atoms. The summed E-state index contributed by atoms with van der Waals surface area (Å²) >= 11 is 0. The van der Waals surface area contributed by atoms with Crippen LogP contribution in [0.4, 0.5) is 4.79 Å². The van der Waals surface area contributed by atoms with E-state index in [4.69, 9.17) is 15.3 Å². The summed E-state index contributed by atoms with van der Waals surface area (Å²) in [7, 11) is 0. The van der Waals surface area contributed by atoms with Crippen LogP contribution in [0.1, 0.15) is 21.4 Å². The minimum atomic E-state index is -2.89. The van der Waals surface area contributed by atoms with E-state index in [1.54, 1.807) is 0 Å². The summed E-state index contributed by atoms with van der Waals surface area (Å²) in [6.45, 7) is 0. The predicted octanol–water partition coefficient (Wildman–Crippen LogP) is -1.58. The molecule has 102 valence electrons. The minimum Gasteiger partial charge on any atom is -1.00 e. The van der Waals surface area contributed by atoms with E-state index in [0.29, 0.717) is 0 Å². The zero-order valence-electron chi connectivity index (χ0n) is 15.9. The standard InChI is InChI=1S/C7H8O9.3Ca.6H/c8-3(9)1-7(15,5(11)12)2-4(10)16-6(13)14;;;;;;;;;/h15H,1-2H2,(H,8,9)(H,11,12)(H,13,14);;;;;;;;;/q;3*+2;6*-1. The molecule has 0 aromatic rings. The van der Waals surface area contributed by atoms with E-state index < -0.39 is 42.5 Å². The fraction of sp³-hybridized carbons (Fsp3) is 0.429. The largest absolute Gasteiger partial charge is 2.00 e. The zero-order valence-corrected chi connectivity index (χ0v) is 16.5. The minimum absolute atomic E-state index is 0. The van der Waals surface area contributed by atoms with Crippen molar-refractivity contribution in [2.45, 2.75) is 18.4 Å². The molecule has 4 N–H and O–H groups in total. The molecule has 0 aromatic carbocycles. The van der Waals surface area contributed by atoms with Crippen molar-refractivity contribution >= 4 is 137 Å². The number of aliphatic carboxylic acids is 2. The van der Waals surface area contributed by atoms with E-state index in [0.717, 1.165) is 0 Å². The van der Waals surface area contributed by atoms with Gasteiger partial charge < -0.3 is 33.7 Å². The van der Waals surface area contributed by atoms with Crippen molar-refractivity contribution in [1.29, 1.82) is 0 Å². The van der Waals surface area contributed by atoms with Crippen molar-refractivity contribution in [3.63, 3.8) is 0 Å². The fourth-order valence-corrected chi connectivity index (χ4v) is 0.836. The first-order chi connectivity index (χ1) is 7.17. The van der Waals surface area contributed by atoms with Crippen LogP contribution < -0.4 is 0 Å². The van der Waals surface area contributed by atoms with Crippen LogP contribution in [0.25, 0.3) is 0 Å². The van der Waals surface area contributed by atoms with Crippen LogP contribution in [0.2, 0.25) is 0 Å². The van der Waals surface area contributed by atoms with Gasteiger partial charge >= 0.3 is 137 Å². The molecule has 0 saturated heterocycles. The summed E-state index contributed by atoms with van der Waals surface area (Å²) in [5, 5.41) is 34.1. The van der Waals surface area contributed by atoms with Crippen molar-refractivity contribution in [1.82, 2.24) is 0 Å². The summed E-state index contributed by atoms with van der Waals surface area (Å²) in [6.07, 6.45) is -4.51. The first-order valence-electron chi connectivity index (χ1n) is 3.78. The first-order valence-corrected chi connectivity index (χ1v) is 3.78. The Bertz CT molecular complexity index is 365. The van der Waals surface area contributed by atoms with Crippen LogP contribution in [0.15, 0.2) is 0 Å². The number of esters is 1. The number of hydrogen-bond donors (Lipinski definition) is 4. The molecule has 0 aliphatic rings. The summed E-state index contributed by atoms with van der Waals surface area (Å²) in [6, 6.07) is 0. The van der Waals surface area contributed by atoms with Gasteiger partial charge in [0.25, 0.3) is 0 Å². The van der Waals surface area contributed by atoms with Gasteiger partial charge in [-0.1, -0.05) is 0 Å². The number of ether oxygens (including phenoxy) is 1. The van der Waals surface area contributed by atoms with Crippen molar-refractivity contribution in [3.8, 4) is 0 Å². The molecule has 9 nitrogen and oxygen atoms in total. The second-order valence-corrected chi connectivity index (χ2v) is 2.82. The Kier molecular flexibility index (Phi) is 20.1. The van der Waals surface area contributed by atoms with Gasteiger partial charge in [0.05, 0.1) is 12.8 Å². The van der Waals surface area contributed by atoms with E-state index in [2.05, 4.69) is 4.74 Å². The summed E-state index contributed by atoms with van der Waals surface area (Å²) < 4.78 is 3.54. The van der Waals surface area contributed by atoms with E-state index in [9.17, 15) is 24.3 Å². The number of hydrogen-bond acceptors (Lipinski definition) is 6. The van der Waals surface area contributed by atoms with Crippen molar-refractivity contribution in [3.05, 3.63) is 0 Å². The van der Waals surface area contributed by atoms with Gasteiger partial charge in [0.15, 0.2) is 5.60 Å². The van der Waals surface area contributed by atoms with Crippen LogP contribution in [0.5, 0.6) is 0 Å². The second-order valence-electron chi connectivity index (χ2n) is 2.82. The molecule has 0 aliphatic carbocycles.